The highest BCUT2D eigenvalue weighted by Gasteiger charge is 2.21. The topological polar surface area (TPSA) is 59.2 Å². The summed E-state index contributed by atoms with van der Waals surface area (Å²) < 4.78 is 18.6. The summed E-state index contributed by atoms with van der Waals surface area (Å²) in [5, 5.41) is 0.645. The van der Waals surface area contributed by atoms with Gasteiger partial charge in [-0.2, -0.15) is 0 Å². The largest absolute Gasteiger partial charge is 0.462 e. The van der Waals surface area contributed by atoms with Crippen LogP contribution in [0, 0.1) is 5.82 Å². The monoisotopic (exact) mass is 345 g/mol. The predicted octanol–water partition coefficient (Wildman–Crippen LogP) is 4.16. The Morgan fingerprint density at radius 3 is 2.75 bits per heavy atom. The standard InChI is InChI=1S/C18H13ClFNO3/c1-2-24-18(23)15-16(10-4-3-5-12(20)8-10)21-14-7-6-11(19)9-13(14)17(15)22/h3-9H,2H2,1H3,(H,21,22). The number of rotatable bonds is 3. The van der Waals surface area contributed by atoms with Crippen molar-refractivity contribution in [1.29, 1.82) is 0 Å². The van der Waals surface area contributed by atoms with Gasteiger partial charge in [0.2, 0.25) is 5.43 Å². The van der Waals surface area contributed by atoms with Crippen molar-refractivity contribution in [3.63, 3.8) is 0 Å². The lowest BCUT2D eigenvalue weighted by Crippen LogP contribution is -2.20. The van der Waals surface area contributed by atoms with Gasteiger partial charge in [0, 0.05) is 21.5 Å². The first-order chi connectivity index (χ1) is 11.5. The molecule has 0 aliphatic heterocycles. The SMILES string of the molecule is CCOC(=O)c1c(-c2cccc(F)c2)[nH]c2ccc(Cl)cc2c1=O. The van der Waals surface area contributed by atoms with Gasteiger partial charge in [0.1, 0.15) is 11.4 Å². The fourth-order valence-electron chi connectivity index (χ4n) is 2.52. The molecule has 3 aromatic rings. The Hall–Kier alpha value is -2.66. The zero-order valence-electron chi connectivity index (χ0n) is 12.7. The molecule has 0 amide bonds. The molecule has 0 bridgehead atoms. The minimum absolute atomic E-state index is 0.119. The quantitative estimate of drug-likeness (QED) is 0.725. The van der Waals surface area contributed by atoms with Crippen LogP contribution in [-0.4, -0.2) is 17.6 Å². The summed E-state index contributed by atoms with van der Waals surface area (Å²) in [6.07, 6.45) is 0. The summed E-state index contributed by atoms with van der Waals surface area (Å²) in [7, 11) is 0. The van der Waals surface area contributed by atoms with E-state index < -0.39 is 17.2 Å². The van der Waals surface area contributed by atoms with E-state index >= 15 is 0 Å². The van der Waals surface area contributed by atoms with Crippen LogP contribution in [0.3, 0.4) is 0 Å². The van der Waals surface area contributed by atoms with Gasteiger partial charge in [0.25, 0.3) is 0 Å². The maximum absolute atomic E-state index is 13.6. The number of benzene rings is 2. The van der Waals surface area contributed by atoms with Gasteiger partial charge in [-0.3, -0.25) is 4.79 Å². The molecule has 1 heterocycles. The van der Waals surface area contributed by atoms with E-state index in [2.05, 4.69) is 4.98 Å². The van der Waals surface area contributed by atoms with Gasteiger partial charge in [-0.05, 0) is 37.3 Å². The number of carbonyl (C=O) groups excluding carboxylic acids is 1. The molecule has 0 saturated carbocycles. The molecule has 4 nitrogen and oxygen atoms in total. The first kappa shape index (κ1) is 16.2. The van der Waals surface area contributed by atoms with Gasteiger partial charge in [-0.1, -0.05) is 23.7 Å². The molecule has 0 aliphatic carbocycles. The molecule has 3 rings (SSSR count). The Morgan fingerprint density at radius 2 is 2.04 bits per heavy atom. The second kappa shape index (κ2) is 6.45. The minimum Gasteiger partial charge on any atom is -0.462 e. The number of nitrogens with one attached hydrogen (secondary N) is 1. The Labute approximate surface area is 141 Å². The van der Waals surface area contributed by atoms with Crippen LogP contribution in [0.25, 0.3) is 22.2 Å². The van der Waals surface area contributed by atoms with Gasteiger partial charge in [0.05, 0.1) is 12.3 Å². The fourth-order valence-corrected chi connectivity index (χ4v) is 2.69. The van der Waals surface area contributed by atoms with Crippen LogP contribution in [0.4, 0.5) is 4.39 Å². The van der Waals surface area contributed by atoms with Crippen LogP contribution in [0.15, 0.2) is 47.3 Å². The summed E-state index contributed by atoms with van der Waals surface area (Å²) in [6.45, 7) is 1.76. The molecule has 1 N–H and O–H groups in total. The van der Waals surface area contributed by atoms with Gasteiger partial charge >= 0.3 is 5.97 Å². The molecule has 24 heavy (non-hydrogen) atoms. The highest BCUT2D eigenvalue weighted by molar-refractivity contribution is 6.31. The second-order valence-corrected chi connectivity index (χ2v) is 5.56. The number of aromatic nitrogens is 1. The third kappa shape index (κ3) is 2.90. The number of hydrogen-bond donors (Lipinski definition) is 1. The van der Waals surface area contributed by atoms with Gasteiger partial charge in [-0.15, -0.1) is 0 Å². The van der Waals surface area contributed by atoms with Gasteiger partial charge in [0.15, 0.2) is 0 Å². The van der Waals surface area contributed by atoms with E-state index in [4.69, 9.17) is 16.3 Å². The van der Waals surface area contributed by atoms with Crippen molar-refractivity contribution in [2.24, 2.45) is 0 Å². The van der Waals surface area contributed by atoms with Crippen molar-refractivity contribution < 1.29 is 13.9 Å². The number of carbonyl (C=O) groups is 1. The third-order valence-electron chi connectivity index (χ3n) is 3.56. The summed E-state index contributed by atoms with van der Waals surface area (Å²) in [6, 6.07) is 10.4. The lowest BCUT2D eigenvalue weighted by atomic mass is 10.0. The van der Waals surface area contributed by atoms with E-state index in [9.17, 15) is 14.0 Å². The first-order valence-corrected chi connectivity index (χ1v) is 7.67. The average molecular weight is 346 g/mol. The van der Waals surface area contributed by atoms with Crippen molar-refractivity contribution in [3.05, 3.63) is 69.1 Å². The molecule has 0 unspecified atom stereocenters. The normalized spacial score (nSPS) is 10.8. The highest BCUT2D eigenvalue weighted by Crippen LogP contribution is 2.25. The van der Waals surface area contributed by atoms with Crippen molar-refractivity contribution >= 4 is 28.5 Å². The maximum atomic E-state index is 13.6. The van der Waals surface area contributed by atoms with E-state index in [-0.39, 0.29) is 23.3 Å². The Bertz CT molecular complexity index is 997. The smallest absolute Gasteiger partial charge is 0.344 e. The lowest BCUT2D eigenvalue weighted by molar-refractivity contribution is 0.0525. The molecule has 0 saturated heterocycles. The van der Waals surface area contributed by atoms with Crippen LogP contribution in [0.2, 0.25) is 5.02 Å². The zero-order chi connectivity index (χ0) is 17.3. The zero-order valence-corrected chi connectivity index (χ0v) is 13.5. The Balaban J connectivity index is 2.38. The van der Waals surface area contributed by atoms with Gasteiger partial charge in [-0.25, -0.2) is 9.18 Å². The van der Waals surface area contributed by atoms with Crippen molar-refractivity contribution in [3.8, 4) is 11.3 Å². The van der Waals surface area contributed by atoms with Crippen molar-refractivity contribution in [2.75, 3.05) is 6.61 Å². The minimum atomic E-state index is -0.764. The number of fused-ring (bicyclic) bond motifs is 1. The number of halogens is 2. The maximum Gasteiger partial charge on any atom is 0.344 e. The Kier molecular flexibility index (Phi) is 4.36. The van der Waals surface area contributed by atoms with Crippen LogP contribution in [0.1, 0.15) is 17.3 Å². The lowest BCUT2D eigenvalue weighted by Gasteiger charge is -2.11. The number of ether oxygens (including phenoxy) is 1. The first-order valence-electron chi connectivity index (χ1n) is 7.30. The van der Waals surface area contributed by atoms with E-state index in [0.29, 0.717) is 16.1 Å². The molecule has 1 aromatic heterocycles. The molecule has 0 radical (unpaired) electrons. The van der Waals surface area contributed by atoms with Crippen LogP contribution in [0.5, 0.6) is 0 Å². The van der Waals surface area contributed by atoms with E-state index in [1.807, 2.05) is 0 Å². The molecule has 0 fully saturated rings. The number of aromatic amines is 1. The molecule has 6 heteroatoms. The highest BCUT2D eigenvalue weighted by atomic mass is 35.5. The molecule has 122 valence electrons. The Morgan fingerprint density at radius 1 is 1.25 bits per heavy atom. The van der Waals surface area contributed by atoms with Gasteiger partial charge < -0.3 is 9.72 Å². The molecule has 2 aromatic carbocycles. The fraction of sp³-hybridized carbons (Fsp3) is 0.111. The summed E-state index contributed by atoms with van der Waals surface area (Å²) in [4.78, 5) is 28.1. The molecular formula is C18H13ClFNO3. The summed E-state index contributed by atoms with van der Waals surface area (Å²) in [5.74, 6) is -1.24. The number of pyridine rings is 1. The van der Waals surface area contributed by atoms with E-state index in [1.165, 1.54) is 24.3 Å². The molecule has 0 aliphatic rings. The van der Waals surface area contributed by atoms with Crippen LogP contribution in [-0.2, 0) is 4.74 Å². The number of hydrogen-bond acceptors (Lipinski definition) is 3. The predicted molar refractivity (Wildman–Crippen MR) is 90.9 cm³/mol. The molecular weight excluding hydrogens is 333 g/mol. The van der Waals surface area contributed by atoms with Crippen molar-refractivity contribution in [1.82, 2.24) is 4.98 Å². The second-order valence-electron chi connectivity index (χ2n) is 5.12. The van der Waals surface area contributed by atoms with E-state index in [0.717, 1.165) is 0 Å². The van der Waals surface area contributed by atoms with Crippen LogP contribution < -0.4 is 5.43 Å². The average Bonchev–Trinajstić information content (AvgIpc) is 2.55. The van der Waals surface area contributed by atoms with Crippen molar-refractivity contribution in [2.45, 2.75) is 6.92 Å². The number of H-pyrrole nitrogens is 1. The summed E-state index contributed by atoms with van der Waals surface area (Å²) in [5.41, 5.74) is 0.415. The van der Waals surface area contributed by atoms with Crippen LogP contribution >= 0.6 is 11.6 Å². The summed E-state index contributed by atoms with van der Waals surface area (Å²) >= 11 is 5.94. The molecule has 0 spiro atoms. The third-order valence-corrected chi connectivity index (χ3v) is 3.79. The molecule has 0 atom stereocenters. The van der Waals surface area contributed by atoms with E-state index in [1.54, 1.807) is 25.1 Å². The number of esters is 1.